The summed E-state index contributed by atoms with van der Waals surface area (Å²) in [6.07, 6.45) is 12.1. The average molecular weight is 619 g/mol. The van der Waals surface area contributed by atoms with Gasteiger partial charge in [-0.1, -0.05) is 118 Å². The van der Waals surface area contributed by atoms with E-state index in [1.54, 1.807) is 5.57 Å². The highest BCUT2D eigenvalue weighted by Crippen LogP contribution is 2.68. The normalized spacial score (nSPS) is 33.8. The molecule has 0 spiro atoms. The van der Waals surface area contributed by atoms with Gasteiger partial charge in [0.05, 0.1) is 5.56 Å². The van der Waals surface area contributed by atoms with E-state index >= 15 is 0 Å². The molecule has 0 saturated heterocycles. The minimum atomic E-state index is -1.87. The first-order valence-electron chi connectivity index (χ1n) is 17.9. The lowest BCUT2D eigenvalue weighted by molar-refractivity contribution is -0.0397. The maximum Gasteiger partial charge on any atom is 0.338 e. The number of fused-ring (bicyclic) bond motifs is 5. The van der Waals surface area contributed by atoms with Crippen molar-refractivity contribution in [3.63, 3.8) is 0 Å². The first-order valence-corrected chi connectivity index (χ1v) is 20.1. The van der Waals surface area contributed by atoms with Crippen LogP contribution in [0.5, 0.6) is 0 Å². The number of hydrogen-bond acceptors (Lipinski definition) is 3. The Labute approximate surface area is 270 Å². The number of carbonyl (C=O) groups is 1. The number of ether oxygens (including phenoxy) is 1. The molecule has 244 valence electrons. The monoisotopic (exact) mass is 618 g/mol. The summed E-state index contributed by atoms with van der Waals surface area (Å²) < 4.78 is 13.4. The molecule has 0 radical (unpaired) electrons. The Morgan fingerprint density at radius 2 is 1.45 bits per heavy atom. The van der Waals surface area contributed by atoms with E-state index in [1.165, 1.54) is 31.3 Å². The van der Waals surface area contributed by atoms with Crippen molar-refractivity contribution in [3.8, 4) is 0 Å². The van der Waals surface area contributed by atoms with Crippen molar-refractivity contribution < 1.29 is 14.0 Å². The average Bonchev–Trinajstić information content (AvgIpc) is 3.32. The Kier molecular flexibility index (Phi) is 9.33. The second-order valence-corrected chi connectivity index (χ2v) is 22.6. The van der Waals surface area contributed by atoms with Crippen molar-refractivity contribution >= 4 is 14.3 Å². The molecule has 3 fully saturated rings. The Morgan fingerprint density at radius 1 is 0.818 bits per heavy atom. The fourth-order valence-corrected chi connectivity index (χ4v) is 17.1. The largest absolute Gasteiger partial charge is 0.458 e. The molecule has 44 heavy (non-hydrogen) atoms. The highest BCUT2D eigenvalue weighted by Gasteiger charge is 2.60. The van der Waals surface area contributed by atoms with Crippen molar-refractivity contribution in [1.82, 2.24) is 0 Å². The molecule has 4 heteroatoms. The molecule has 4 aliphatic rings. The summed E-state index contributed by atoms with van der Waals surface area (Å²) >= 11 is 0. The zero-order chi connectivity index (χ0) is 32.2. The summed E-state index contributed by atoms with van der Waals surface area (Å²) in [5, 5.41) is 0. The number of benzene rings is 1. The molecule has 1 aromatic rings. The van der Waals surface area contributed by atoms with Crippen LogP contribution in [-0.4, -0.2) is 27.0 Å². The standard InChI is InChI=1S/C40H62O3Si/c1-26(2)44(27(3)4,28(5)6)42-25-29(7)32-18-19-33-31-17-20-35-38(8,9)36(43-37(41)30-15-13-12-14-16-30)22-24-40(35,11)34(31)21-23-39(32,33)10/h12-17,20,26-29,32-34,36H,18-19,21-25H2,1-11H3/t29-,32-,33+,34+,36?,39-,40-/m1/s1. The number of carbonyl (C=O) groups excluding carboxylic acids is 1. The minimum absolute atomic E-state index is 0.103. The SMILES string of the molecule is CC(C)[Si](OC[C@@H](C)[C@H]1CC[C@H]2C3=CC=C4C(C)(C)C(OC(=O)c5ccccc5)CC[C@]4(C)[C@H]3CC[C@]12C)(C(C)C)C(C)C. The molecular weight excluding hydrogens is 557 g/mol. The van der Waals surface area contributed by atoms with Gasteiger partial charge in [-0.05, 0) is 102 Å². The van der Waals surface area contributed by atoms with Crippen LogP contribution in [-0.2, 0) is 9.16 Å². The molecule has 7 atom stereocenters. The second-order valence-electron chi connectivity index (χ2n) is 17.1. The van der Waals surface area contributed by atoms with E-state index in [0.717, 1.165) is 25.4 Å². The molecule has 0 bridgehead atoms. The van der Waals surface area contributed by atoms with Crippen LogP contribution in [0.2, 0.25) is 16.6 Å². The van der Waals surface area contributed by atoms with Gasteiger partial charge in [0.2, 0.25) is 0 Å². The van der Waals surface area contributed by atoms with Crippen LogP contribution in [0.4, 0.5) is 0 Å². The lowest BCUT2D eigenvalue weighted by Crippen LogP contribution is -2.52. The van der Waals surface area contributed by atoms with Gasteiger partial charge in [0.15, 0.2) is 8.32 Å². The summed E-state index contributed by atoms with van der Waals surface area (Å²) in [5.74, 6) is 2.37. The van der Waals surface area contributed by atoms with E-state index < -0.39 is 8.32 Å². The van der Waals surface area contributed by atoms with Gasteiger partial charge < -0.3 is 9.16 Å². The zero-order valence-corrected chi connectivity index (χ0v) is 30.8. The quantitative estimate of drug-likeness (QED) is 0.204. The van der Waals surface area contributed by atoms with Crippen LogP contribution in [0, 0.1) is 39.9 Å². The third-order valence-corrected chi connectivity index (χ3v) is 19.8. The summed E-state index contributed by atoms with van der Waals surface area (Å²) in [6, 6.07) is 9.47. The van der Waals surface area contributed by atoms with Crippen LogP contribution in [0.25, 0.3) is 0 Å². The fraction of sp³-hybridized carbons (Fsp3) is 0.725. The van der Waals surface area contributed by atoms with Crippen molar-refractivity contribution in [2.75, 3.05) is 6.61 Å². The number of rotatable bonds is 9. The van der Waals surface area contributed by atoms with Gasteiger partial charge in [0.25, 0.3) is 0 Å². The van der Waals surface area contributed by atoms with Crippen LogP contribution >= 0.6 is 0 Å². The van der Waals surface area contributed by atoms with Crippen molar-refractivity contribution in [2.24, 2.45) is 39.9 Å². The topological polar surface area (TPSA) is 35.5 Å². The van der Waals surface area contributed by atoms with Crippen molar-refractivity contribution in [1.29, 1.82) is 0 Å². The molecule has 0 N–H and O–H groups in total. The third-order valence-electron chi connectivity index (χ3n) is 13.7. The van der Waals surface area contributed by atoms with E-state index in [0.29, 0.717) is 45.4 Å². The molecular formula is C40H62O3Si. The Morgan fingerprint density at radius 3 is 2.07 bits per heavy atom. The van der Waals surface area contributed by atoms with Gasteiger partial charge in [0, 0.05) is 12.0 Å². The lowest BCUT2D eigenvalue weighted by atomic mass is 9.47. The van der Waals surface area contributed by atoms with Crippen molar-refractivity contribution in [3.05, 3.63) is 59.2 Å². The molecule has 0 heterocycles. The molecule has 0 aliphatic heterocycles. The Balaban J connectivity index is 1.35. The number of hydrogen-bond donors (Lipinski definition) is 0. The highest BCUT2D eigenvalue weighted by atomic mass is 28.4. The first-order chi connectivity index (χ1) is 20.6. The smallest absolute Gasteiger partial charge is 0.338 e. The summed E-state index contributed by atoms with van der Waals surface area (Å²) in [6.45, 7) is 27.7. The Bertz CT molecular complexity index is 1240. The van der Waals surface area contributed by atoms with E-state index in [-0.39, 0.29) is 22.9 Å². The zero-order valence-electron chi connectivity index (χ0n) is 29.8. The van der Waals surface area contributed by atoms with E-state index in [2.05, 4.69) is 88.3 Å². The molecule has 0 aromatic heterocycles. The Hall–Kier alpha value is -1.65. The summed E-state index contributed by atoms with van der Waals surface area (Å²) in [7, 11) is -1.87. The highest BCUT2D eigenvalue weighted by molar-refractivity contribution is 6.77. The van der Waals surface area contributed by atoms with Gasteiger partial charge in [-0.25, -0.2) is 4.79 Å². The molecule has 3 saturated carbocycles. The van der Waals surface area contributed by atoms with E-state index in [9.17, 15) is 4.79 Å². The predicted molar refractivity (Wildman–Crippen MR) is 186 cm³/mol. The van der Waals surface area contributed by atoms with Crippen LogP contribution in [0.3, 0.4) is 0 Å². The second kappa shape index (κ2) is 12.2. The number of allylic oxidation sites excluding steroid dienone is 3. The van der Waals surface area contributed by atoms with Gasteiger partial charge in [0.1, 0.15) is 6.10 Å². The maximum absolute atomic E-state index is 13.1. The van der Waals surface area contributed by atoms with Crippen LogP contribution in [0.1, 0.15) is 125 Å². The fourth-order valence-electron chi connectivity index (χ4n) is 11.5. The van der Waals surface area contributed by atoms with Gasteiger partial charge >= 0.3 is 5.97 Å². The maximum atomic E-state index is 13.1. The van der Waals surface area contributed by atoms with Crippen LogP contribution in [0.15, 0.2) is 53.6 Å². The predicted octanol–water partition coefficient (Wildman–Crippen LogP) is 11.2. The molecule has 5 rings (SSSR count). The molecule has 1 unspecified atom stereocenters. The van der Waals surface area contributed by atoms with Gasteiger partial charge in [-0.3, -0.25) is 0 Å². The van der Waals surface area contributed by atoms with Gasteiger partial charge in [-0.15, -0.1) is 0 Å². The molecule has 3 nitrogen and oxygen atoms in total. The third kappa shape index (κ3) is 5.32. The molecule has 4 aliphatic carbocycles. The molecule has 0 amide bonds. The van der Waals surface area contributed by atoms with Crippen molar-refractivity contribution in [2.45, 2.75) is 137 Å². The summed E-state index contributed by atoms with van der Waals surface area (Å²) in [5.41, 5.74) is 6.05. The lowest BCUT2D eigenvalue weighted by Gasteiger charge is -2.59. The summed E-state index contributed by atoms with van der Waals surface area (Å²) in [4.78, 5) is 13.1. The van der Waals surface area contributed by atoms with E-state index in [4.69, 9.17) is 9.16 Å². The molecule has 1 aromatic carbocycles. The van der Waals surface area contributed by atoms with E-state index in [1.807, 2.05) is 30.3 Å². The first kappa shape index (κ1) is 33.7. The number of esters is 1. The van der Waals surface area contributed by atoms with Crippen LogP contribution < -0.4 is 0 Å². The van der Waals surface area contributed by atoms with Gasteiger partial charge in [-0.2, -0.15) is 0 Å². The minimum Gasteiger partial charge on any atom is -0.458 e.